The van der Waals surface area contributed by atoms with Crippen molar-refractivity contribution in [1.29, 1.82) is 5.26 Å². The average Bonchev–Trinajstić information content (AvgIpc) is 3.38. The van der Waals surface area contributed by atoms with Crippen molar-refractivity contribution >= 4 is 51.1 Å². The molecule has 0 fully saturated rings. The molecule has 4 rings (SSSR count). The summed E-state index contributed by atoms with van der Waals surface area (Å²) in [5.41, 5.74) is 1.80. The van der Waals surface area contributed by atoms with E-state index in [2.05, 4.69) is 16.5 Å². The van der Waals surface area contributed by atoms with Crippen molar-refractivity contribution in [3.8, 4) is 6.07 Å². The van der Waals surface area contributed by atoms with Crippen molar-refractivity contribution in [2.75, 3.05) is 11.9 Å². The topological polar surface area (TPSA) is 91.0 Å². The quantitative estimate of drug-likeness (QED) is 0.686. The number of rotatable bonds is 3. The van der Waals surface area contributed by atoms with Gasteiger partial charge in [0, 0.05) is 24.7 Å². The summed E-state index contributed by atoms with van der Waals surface area (Å²) in [6.45, 7) is 0.925. The summed E-state index contributed by atoms with van der Waals surface area (Å²) >= 11 is 8.53. The standard InChI is InChI=1S/C18H14ClN5O2S2/c1-23-8-10(7-21-23)16(25)22-17-12(6-20)11-4-5-24(9-14(11)28-17)18(26)13-2-3-15(19)27-13/h2-3,7-8H,4-5,9H2,1H3,(H,22,25). The predicted octanol–water partition coefficient (Wildman–Crippen LogP) is 3.52. The molecule has 0 saturated heterocycles. The zero-order chi connectivity index (χ0) is 19.8. The predicted molar refractivity (Wildman–Crippen MR) is 108 cm³/mol. The molecule has 0 radical (unpaired) electrons. The van der Waals surface area contributed by atoms with Crippen LogP contribution in [0, 0.1) is 11.3 Å². The second kappa shape index (κ2) is 7.39. The van der Waals surface area contributed by atoms with E-state index in [1.807, 2.05) is 0 Å². The van der Waals surface area contributed by atoms with E-state index in [9.17, 15) is 14.9 Å². The number of halogens is 1. The number of aromatic nitrogens is 2. The molecule has 0 saturated carbocycles. The van der Waals surface area contributed by atoms with Gasteiger partial charge in [-0.1, -0.05) is 11.6 Å². The van der Waals surface area contributed by atoms with Crippen LogP contribution in [0.1, 0.15) is 36.0 Å². The lowest BCUT2D eigenvalue weighted by molar-refractivity contribution is 0.0742. The van der Waals surface area contributed by atoms with Crippen LogP contribution in [0.15, 0.2) is 24.5 Å². The highest BCUT2D eigenvalue weighted by molar-refractivity contribution is 7.18. The van der Waals surface area contributed by atoms with Gasteiger partial charge in [-0.2, -0.15) is 10.4 Å². The molecule has 0 spiro atoms. The monoisotopic (exact) mass is 431 g/mol. The Morgan fingerprint density at radius 1 is 1.36 bits per heavy atom. The Morgan fingerprint density at radius 2 is 2.18 bits per heavy atom. The molecule has 1 aliphatic rings. The molecule has 3 aromatic heterocycles. The van der Waals surface area contributed by atoms with Crippen LogP contribution in [0.5, 0.6) is 0 Å². The summed E-state index contributed by atoms with van der Waals surface area (Å²) in [5, 5.41) is 16.9. The second-order valence-corrected chi connectivity index (χ2v) is 9.08. The molecule has 10 heteroatoms. The molecule has 1 aliphatic heterocycles. The number of nitrogens with one attached hydrogen (secondary N) is 1. The van der Waals surface area contributed by atoms with Gasteiger partial charge in [-0.05, 0) is 24.1 Å². The van der Waals surface area contributed by atoms with Crippen LogP contribution in [0.25, 0.3) is 0 Å². The lowest BCUT2D eigenvalue weighted by Crippen LogP contribution is -2.35. The van der Waals surface area contributed by atoms with E-state index in [-0.39, 0.29) is 11.8 Å². The molecule has 4 heterocycles. The first-order valence-electron chi connectivity index (χ1n) is 8.35. The van der Waals surface area contributed by atoms with Crippen LogP contribution in [0.4, 0.5) is 5.00 Å². The number of carbonyl (C=O) groups excluding carboxylic acids is 2. The maximum atomic E-state index is 12.7. The summed E-state index contributed by atoms with van der Waals surface area (Å²) in [5.74, 6) is -0.389. The number of thiophene rings is 2. The third-order valence-electron chi connectivity index (χ3n) is 4.43. The lowest BCUT2D eigenvalue weighted by Gasteiger charge is -2.26. The molecular weight excluding hydrogens is 418 g/mol. The molecule has 0 unspecified atom stereocenters. The van der Waals surface area contributed by atoms with Gasteiger partial charge < -0.3 is 10.2 Å². The SMILES string of the molecule is Cn1cc(C(=O)Nc2sc3c(c2C#N)CCN(C(=O)c2ccc(Cl)s2)C3)cn1. The van der Waals surface area contributed by atoms with E-state index < -0.39 is 0 Å². The third kappa shape index (κ3) is 3.42. The van der Waals surface area contributed by atoms with Gasteiger partial charge in [0.15, 0.2) is 0 Å². The molecule has 0 aliphatic carbocycles. The first-order valence-corrected chi connectivity index (χ1v) is 10.4. The highest BCUT2D eigenvalue weighted by atomic mass is 35.5. The average molecular weight is 432 g/mol. The summed E-state index contributed by atoms with van der Waals surface area (Å²) in [6.07, 6.45) is 3.66. The van der Waals surface area contributed by atoms with Crippen molar-refractivity contribution in [2.45, 2.75) is 13.0 Å². The van der Waals surface area contributed by atoms with E-state index in [0.29, 0.717) is 44.9 Å². The fraction of sp³-hybridized carbons (Fsp3) is 0.222. The Balaban J connectivity index is 1.56. The van der Waals surface area contributed by atoms with E-state index >= 15 is 0 Å². The Hall–Kier alpha value is -2.67. The van der Waals surface area contributed by atoms with Crippen LogP contribution < -0.4 is 5.32 Å². The maximum Gasteiger partial charge on any atom is 0.264 e. The van der Waals surface area contributed by atoms with Crippen molar-refractivity contribution in [2.24, 2.45) is 7.05 Å². The molecule has 28 heavy (non-hydrogen) atoms. The van der Waals surface area contributed by atoms with Gasteiger partial charge in [0.1, 0.15) is 11.1 Å². The molecule has 142 valence electrons. The summed E-state index contributed by atoms with van der Waals surface area (Å²) < 4.78 is 2.12. The molecular formula is C18H14ClN5O2S2. The summed E-state index contributed by atoms with van der Waals surface area (Å²) in [7, 11) is 1.73. The summed E-state index contributed by atoms with van der Waals surface area (Å²) in [6, 6.07) is 5.63. The van der Waals surface area contributed by atoms with Gasteiger partial charge in [-0.3, -0.25) is 14.3 Å². The summed E-state index contributed by atoms with van der Waals surface area (Å²) in [4.78, 5) is 28.4. The second-order valence-electron chi connectivity index (χ2n) is 6.26. The lowest BCUT2D eigenvalue weighted by atomic mass is 10.0. The van der Waals surface area contributed by atoms with E-state index in [4.69, 9.17) is 11.6 Å². The van der Waals surface area contributed by atoms with Crippen LogP contribution in [-0.4, -0.2) is 33.0 Å². The van der Waals surface area contributed by atoms with Gasteiger partial charge in [-0.15, -0.1) is 22.7 Å². The normalized spacial score (nSPS) is 13.1. The molecule has 2 amide bonds. The van der Waals surface area contributed by atoms with Crippen molar-refractivity contribution in [3.63, 3.8) is 0 Å². The number of carbonyl (C=O) groups is 2. The third-order valence-corrected chi connectivity index (χ3v) is 6.79. The number of amides is 2. The minimum absolute atomic E-state index is 0.0737. The number of hydrogen-bond acceptors (Lipinski definition) is 6. The van der Waals surface area contributed by atoms with Crippen LogP contribution in [0.3, 0.4) is 0 Å². The van der Waals surface area contributed by atoms with Gasteiger partial charge in [0.25, 0.3) is 11.8 Å². The zero-order valence-electron chi connectivity index (χ0n) is 14.7. The molecule has 3 aromatic rings. The highest BCUT2D eigenvalue weighted by Gasteiger charge is 2.28. The Labute approximate surface area is 173 Å². The van der Waals surface area contributed by atoms with E-state index in [1.165, 1.54) is 28.9 Å². The largest absolute Gasteiger partial charge is 0.332 e. The van der Waals surface area contributed by atoms with Gasteiger partial charge >= 0.3 is 0 Å². The van der Waals surface area contributed by atoms with Crippen LogP contribution >= 0.6 is 34.3 Å². The number of fused-ring (bicyclic) bond motifs is 1. The molecule has 1 N–H and O–H groups in total. The minimum Gasteiger partial charge on any atom is -0.332 e. The van der Waals surface area contributed by atoms with Crippen molar-refractivity contribution in [3.05, 3.63) is 55.3 Å². The maximum absolute atomic E-state index is 12.7. The van der Waals surface area contributed by atoms with Crippen LogP contribution in [0.2, 0.25) is 4.34 Å². The van der Waals surface area contributed by atoms with Gasteiger partial charge in [0.05, 0.1) is 33.1 Å². The number of nitrogens with zero attached hydrogens (tertiary/aromatic N) is 4. The first kappa shape index (κ1) is 18.7. The number of nitriles is 1. The van der Waals surface area contributed by atoms with E-state index in [0.717, 1.165) is 10.4 Å². The van der Waals surface area contributed by atoms with E-state index in [1.54, 1.807) is 35.0 Å². The van der Waals surface area contributed by atoms with Crippen molar-refractivity contribution < 1.29 is 9.59 Å². The minimum atomic E-state index is -0.315. The first-order chi connectivity index (χ1) is 13.5. The molecule has 0 aromatic carbocycles. The number of aryl methyl sites for hydroxylation is 1. The molecule has 0 bridgehead atoms. The number of hydrogen-bond donors (Lipinski definition) is 1. The number of anilines is 1. The highest BCUT2D eigenvalue weighted by Crippen LogP contribution is 2.37. The van der Waals surface area contributed by atoms with Crippen molar-refractivity contribution in [1.82, 2.24) is 14.7 Å². The Morgan fingerprint density at radius 3 is 2.82 bits per heavy atom. The van der Waals surface area contributed by atoms with Crippen LogP contribution in [-0.2, 0) is 20.0 Å². The zero-order valence-corrected chi connectivity index (χ0v) is 17.1. The smallest absolute Gasteiger partial charge is 0.264 e. The fourth-order valence-corrected chi connectivity index (χ4v) is 5.30. The molecule has 7 nitrogen and oxygen atoms in total. The Bertz CT molecular complexity index is 1120. The van der Waals surface area contributed by atoms with Gasteiger partial charge in [0.2, 0.25) is 0 Å². The Kier molecular flexibility index (Phi) is 4.93. The fourth-order valence-electron chi connectivity index (χ4n) is 3.08. The van der Waals surface area contributed by atoms with Gasteiger partial charge in [-0.25, -0.2) is 0 Å². The molecule has 0 atom stereocenters.